The van der Waals surface area contributed by atoms with Gasteiger partial charge in [0.05, 0.1) is 11.0 Å². The fraction of sp³-hybridized carbons (Fsp3) is 0. The summed E-state index contributed by atoms with van der Waals surface area (Å²) < 4.78 is 0. The highest BCUT2D eigenvalue weighted by Gasteiger charge is 2.18. The Bertz CT molecular complexity index is 1640. The molecule has 6 rings (SSSR count). The maximum atomic E-state index is 9.58. The molecule has 4 heteroatoms. The molecule has 0 N–H and O–H groups in total. The molecule has 0 bridgehead atoms. The molecule has 0 saturated carbocycles. The van der Waals surface area contributed by atoms with E-state index in [1.165, 1.54) is 0 Å². The summed E-state index contributed by atoms with van der Waals surface area (Å²) in [5, 5.41) is 27.5. The van der Waals surface area contributed by atoms with Crippen LogP contribution in [-0.2, 0) is 0 Å². The van der Waals surface area contributed by atoms with Crippen molar-refractivity contribution < 1.29 is 0 Å². The number of hydrogen-bond donors (Lipinski definition) is 0. The van der Waals surface area contributed by atoms with Crippen LogP contribution in [0.2, 0.25) is 0 Å². The number of aromatic nitrogens is 2. The number of fused-ring (bicyclic) bond motifs is 10. The summed E-state index contributed by atoms with van der Waals surface area (Å²) in [4.78, 5) is 9.31. The van der Waals surface area contributed by atoms with E-state index in [0.29, 0.717) is 11.0 Å². The smallest absolute Gasteiger partial charge is 0.177 e. The predicted octanol–water partition coefficient (Wildman–Crippen LogP) is 5.99. The minimum atomic E-state index is 0.0545. The van der Waals surface area contributed by atoms with Gasteiger partial charge in [0.25, 0.3) is 0 Å². The lowest BCUT2D eigenvalue weighted by Gasteiger charge is -2.14. The van der Waals surface area contributed by atoms with Crippen molar-refractivity contribution in [2.45, 2.75) is 0 Å². The van der Waals surface area contributed by atoms with E-state index in [9.17, 15) is 10.5 Å². The van der Waals surface area contributed by atoms with Gasteiger partial charge in [-0.05, 0) is 32.3 Å². The predicted molar refractivity (Wildman–Crippen MR) is 119 cm³/mol. The first kappa shape index (κ1) is 16.4. The molecular weight excluding hydrogens is 368 g/mol. The van der Waals surface area contributed by atoms with Gasteiger partial charge in [0.2, 0.25) is 0 Å². The quantitative estimate of drug-likeness (QED) is 0.304. The summed E-state index contributed by atoms with van der Waals surface area (Å²) in [6.45, 7) is 0. The van der Waals surface area contributed by atoms with E-state index in [-0.39, 0.29) is 11.4 Å². The Morgan fingerprint density at radius 2 is 0.933 bits per heavy atom. The molecule has 0 aliphatic rings. The number of benzene rings is 5. The van der Waals surface area contributed by atoms with Gasteiger partial charge in [-0.15, -0.1) is 0 Å². The van der Waals surface area contributed by atoms with Gasteiger partial charge in [0.1, 0.15) is 12.1 Å². The van der Waals surface area contributed by atoms with E-state index in [1.807, 2.05) is 36.4 Å². The Morgan fingerprint density at radius 1 is 0.500 bits per heavy atom. The zero-order valence-corrected chi connectivity index (χ0v) is 15.7. The molecule has 5 aromatic carbocycles. The summed E-state index contributed by atoms with van der Waals surface area (Å²) in [5.74, 6) is 0. The van der Waals surface area contributed by atoms with Gasteiger partial charge >= 0.3 is 0 Å². The third-order valence-electron chi connectivity index (χ3n) is 5.73. The van der Waals surface area contributed by atoms with Crippen molar-refractivity contribution in [2.24, 2.45) is 0 Å². The molecule has 0 saturated heterocycles. The summed E-state index contributed by atoms with van der Waals surface area (Å²) >= 11 is 0. The average molecular weight is 380 g/mol. The lowest BCUT2D eigenvalue weighted by molar-refractivity contribution is 1.21. The van der Waals surface area contributed by atoms with Crippen molar-refractivity contribution in [3.05, 3.63) is 84.2 Å². The molecular formula is C26H12N4. The molecule has 1 heterocycles. The Kier molecular flexibility index (Phi) is 3.27. The Hall–Kier alpha value is -4.54. The normalized spacial score (nSPS) is 11.3. The van der Waals surface area contributed by atoms with Crippen molar-refractivity contribution >= 4 is 54.1 Å². The number of rotatable bonds is 0. The molecule has 0 aliphatic carbocycles. The summed E-state index contributed by atoms with van der Waals surface area (Å²) in [6, 6.07) is 28.8. The van der Waals surface area contributed by atoms with Gasteiger partial charge in [0, 0.05) is 10.8 Å². The van der Waals surface area contributed by atoms with E-state index < -0.39 is 0 Å². The number of hydrogen-bond acceptors (Lipinski definition) is 4. The molecule has 0 atom stereocenters. The molecule has 0 spiro atoms. The first-order valence-corrected chi connectivity index (χ1v) is 9.57. The summed E-state index contributed by atoms with van der Waals surface area (Å²) in [6.07, 6.45) is 0. The average Bonchev–Trinajstić information content (AvgIpc) is 2.82. The van der Waals surface area contributed by atoms with Crippen molar-refractivity contribution in [1.82, 2.24) is 9.97 Å². The monoisotopic (exact) mass is 380 g/mol. The highest BCUT2D eigenvalue weighted by atomic mass is 14.8. The SMILES string of the molecule is N#Cc1nc2c(nc1C#N)c1c3ccccc3ccc1c1ccc3ccccc3c12. The fourth-order valence-electron chi connectivity index (χ4n) is 4.44. The van der Waals surface area contributed by atoms with Crippen LogP contribution in [0, 0.1) is 22.7 Å². The molecule has 0 fully saturated rings. The van der Waals surface area contributed by atoms with Gasteiger partial charge in [-0.1, -0.05) is 72.8 Å². The lowest BCUT2D eigenvalue weighted by Crippen LogP contribution is -1.98. The third-order valence-corrected chi connectivity index (χ3v) is 5.73. The van der Waals surface area contributed by atoms with Gasteiger partial charge < -0.3 is 0 Å². The lowest BCUT2D eigenvalue weighted by atomic mass is 9.92. The van der Waals surface area contributed by atoms with Crippen LogP contribution in [0.1, 0.15) is 11.4 Å². The topological polar surface area (TPSA) is 73.4 Å². The Balaban J connectivity index is 2.04. The van der Waals surface area contributed by atoms with Crippen LogP contribution in [0.3, 0.4) is 0 Å². The van der Waals surface area contributed by atoms with Crippen molar-refractivity contribution in [2.75, 3.05) is 0 Å². The van der Waals surface area contributed by atoms with Crippen LogP contribution in [0.5, 0.6) is 0 Å². The second-order valence-electron chi connectivity index (χ2n) is 7.26. The van der Waals surface area contributed by atoms with Crippen LogP contribution in [-0.4, -0.2) is 9.97 Å². The van der Waals surface area contributed by atoms with Gasteiger partial charge in [-0.3, -0.25) is 0 Å². The van der Waals surface area contributed by atoms with Crippen LogP contribution < -0.4 is 0 Å². The van der Waals surface area contributed by atoms with Gasteiger partial charge in [-0.25, -0.2) is 9.97 Å². The molecule has 0 aliphatic heterocycles. The standard InChI is InChI=1S/C26H12N4/c27-13-21-22(14-28)30-26-24-18-8-4-2-6-16(18)10-12-20(24)19-11-9-15-5-1-3-7-17(15)23(19)25(26)29-21/h1-12H. The van der Waals surface area contributed by atoms with Crippen LogP contribution in [0.4, 0.5) is 0 Å². The summed E-state index contributed by atoms with van der Waals surface area (Å²) in [5.41, 5.74) is 1.42. The third kappa shape index (κ3) is 2.08. The Labute approximate surface area is 171 Å². The largest absolute Gasteiger partial charge is 0.232 e. The van der Waals surface area contributed by atoms with Gasteiger partial charge in [0.15, 0.2) is 11.4 Å². The minimum Gasteiger partial charge on any atom is -0.232 e. The first-order chi connectivity index (χ1) is 14.8. The second-order valence-corrected chi connectivity index (χ2v) is 7.26. The van der Waals surface area contributed by atoms with E-state index >= 15 is 0 Å². The molecule has 0 unspecified atom stereocenters. The molecule has 0 radical (unpaired) electrons. The van der Waals surface area contributed by atoms with E-state index in [4.69, 9.17) is 0 Å². The fourth-order valence-corrected chi connectivity index (χ4v) is 4.44. The van der Waals surface area contributed by atoms with E-state index in [0.717, 1.165) is 43.1 Å². The van der Waals surface area contributed by atoms with Crippen molar-refractivity contribution in [3.8, 4) is 12.1 Å². The van der Waals surface area contributed by atoms with Gasteiger partial charge in [-0.2, -0.15) is 10.5 Å². The highest BCUT2D eigenvalue weighted by Crippen LogP contribution is 2.40. The van der Waals surface area contributed by atoms with E-state index in [2.05, 4.69) is 58.5 Å². The first-order valence-electron chi connectivity index (χ1n) is 9.57. The van der Waals surface area contributed by atoms with Crippen molar-refractivity contribution in [1.29, 1.82) is 10.5 Å². The van der Waals surface area contributed by atoms with Crippen molar-refractivity contribution in [3.63, 3.8) is 0 Å². The number of nitrogens with zero attached hydrogens (tertiary/aromatic N) is 4. The molecule has 0 amide bonds. The Morgan fingerprint density at radius 3 is 1.37 bits per heavy atom. The van der Waals surface area contributed by atoms with Crippen LogP contribution >= 0.6 is 0 Å². The maximum Gasteiger partial charge on any atom is 0.177 e. The summed E-state index contributed by atoms with van der Waals surface area (Å²) in [7, 11) is 0. The zero-order chi connectivity index (χ0) is 20.2. The molecule has 30 heavy (non-hydrogen) atoms. The highest BCUT2D eigenvalue weighted by molar-refractivity contribution is 6.33. The maximum absolute atomic E-state index is 9.58. The zero-order valence-electron chi connectivity index (χ0n) is 15.7. The number of nitriles is 2. The van der Waals surface area contributed by atoms with Crippen LogP contribution in [0.15, 0.2) is 72.8 Å². The molecule has 4 nitrogen and oxygen atoms in total. The van der Waals surface area contributed by atoms with E-state index in [1.54, 1.807) is 0 Å². The van der Waals surface area contributed by atoms with Crippen LogP contribution in [0.25, 0.3) is 54.1 Å². The minimum absolute atomic E-state index is 0.0545. The second kappa shape index (κ2) is 5.98. The molecule has 1 aromatic heterocycles. The molecule has 136 valence electrons. The molecule has 6 aromatic rings.